The van der Waals surface area contributed by atoms with Crippen LogP contribution >= 0.6 is 0 Å². The molecule has 1 saturated heterocycles. The molecule has 0 aliphatic carbocycles. The molecule has 7 heteroatoms. The summed E-state index contributed by atoms with van der Waals surface area (Å²) >= 11 is 0. The van der Waals surface area contributed by atoms with E-state index in [0.29, 0.717) is 18.2 Å². The molecule has 4 aromatic rings. The Bertz CT molecular complexity index is 1170. The zero-order valence-electron chi connectivity index (χ0n) is 16.9. The summed E-state index contributed by atoms with van der Waals surface area (Å²) in [6.45, 7) is 4.41. The number of hydrogen-bond acceptors (Lipinski definition) is 5. The number of aromatic nitrogens is 5. The molecule has 1 fully saturated rings. The normalized spacial score (nSPS) is 17.5. The molecule has 0 N–H and O–H groups in total. The van der Waals surface area contributed by atoms with Gasteiger partial charge in [0.25, 0.3) is 5.78 Å². The van der Waals surface area contributed by atoms with E-state index in [1.165, 1.54) is 0 Å². The molecule has 0 spiro atoms. The van der Waals surface area contributed by atoms with Crippen molar-refractivity contribution < 1.29 is 4.39 Å². The SMILES string of the molecule is Cc1cc(C2CCCN(Cc3ccc(-c4cccnc4)cc3F)C2)n2ncnc2n1. The van der Waals surface area contributed by atoms with Gasteiger partial charge in [-0.15, -0.1) is 0 Å². The fourth-order valence-corrected chi connectivity index (χ4v) is 4.32. The van der Waals surface area contributed by atoms with Crippen LogP contribution in [0.1, 0.15) is 35.7 Å². The van der Waals surface area contributed by atoms with E-state index in [1.807, 2.05) is 35.7 Å². The van der Waals surface area contributed by atoms with E-state index >= 15 is 0 Å². The van der Waals surface area contributed by atoms with Gasteiger partial charge in [0, 0.05) is 48.2 Å². The van der Waals surface area contributed by atoms with Gasteiger partial charge in [-0.3, -0.25) is 9.88 Å². The van der Waals surface area contributed by atoms with Gasteiger partial charge in [0.15, 0.2) is 0 Å². The highest BCUT2D eigenvalue weighted by Gasteiger charge is 2.25. The molecular weight excluding hydrogens is 379 g/mol. The summed E-state index contributed by atoms with van der Waals surface area (Å²) in [5.74, 6) is 0.790. The van der Waals surface area contributed by atoms with Crippen LogP contribution in [-0.2, 0) is 6.54 Å². The second kappa shape index (κ2) is 7.91. The van der Waals surface area contributed by atoms with Gasteiger partial charge < -0.3 is 0 Å². The number of piperidine rings is 1. The number of fused-ring (bicyclic) bond motifs is 1. The van der Waals surface area contributed by atoms with E-state index in [9.17, 15) is 4.39 Å². The second-order valence-electron chi connectivity index (χ2n) is 7.92. The lowest BCUT2D eigenvalue weighted by molar-refractivity contribution is 0.195. The summed E-state index contributed by atoms with van der Waals surface area (Å²) in [7, 11) is 0. The van der Waals surface area contributed by atoms with E-state index in [-0.39, 0.29) is 5.82 Å². The molecule has 0 bridgehead atoms. The molecule has 3 aromatic heterocycles. The van der Waals surface area contributed by atoms with Crippen LogP contribution in [0.2, 0.25) is 0 Å². The lowest BCUT2D eigenvalue weighted by atomic mass is 9.93. The van der Waals surface area contributed by atoms with Crippen LogP contribution in [0.5, 0.6) is 0 Å². The Labute approximate surface area is 174 Å². The van der Waals surface area contributed by atoms with Crippen molar-refractivity contribution in [1.29, 1.82) is 0 Å². The molecule has 1 aromatic carbocycles. The van der Waals surface area contributed by atoms with E-state index < -0.39 is 0 Å². The Morgan fingerprint density at radius 1 is 1.17 bits per heavy atom. The first-order chi connectivity index (χ1) is 14.7. The molecule has 6 nitrogen and oxygen atoms in total. The van der Waals surface area contributed by atoms with Gasteiger partial charge in [-0.1, -0.05) is 18.2 Å². The fraction of sp³-hybridized carbons (Fsp3) is 0.304. The third-order valence-electron chi connectivity index (χ3n) is 5.77. The van der Waals surface area contributed by atoms with Gasteiger partial charge >= 0.3 is 0 Å². The molecule has 4 heterocycles. The number of benzene rings is 1. The van der Waals surface area contributed by atoms with Gasteiger partial charge in [0.05, 0.1) is 5.69 Å². The van der Waals surface area contributed by atoms with Gasteiger partial charge in [-0.05, 0) is 50.1 Å². The molecular formula is C23H23FN6. The largest absolute Gasteiger partial charge is 0.298 e. The van der Waals surface area contributed by atoms with E-state index in [1.54, 1.807) is 24.8 Å². The number of hydrogen-bond donors (Lipinski definition) is 0. The Balaban J connectivity index is 1.35. The molecule has 1 aliphatic rings. The third kappa shape index (κ3) is 3.68. The maximum Gasteiger partial charge on any atom is 0.252 e. The van der Waals surface area contributed by atoms with Crippen LogP contribution in [0.25, 0.3) is 16.9 Å². The average Bonchev–Trinajstić information content (AvgIpc) is 3.24. The maximum atomic E-state index is 14.9. The van der Waals surface area contributed by atoms with Crippen LogP contribution in [0.3, 0.4) is 0 Å². The lowest BCUT2D eigenvalue weighted by Gasteiger charge is -2.33. The Morgan fingerprint density at radius 3 is 2.93 bits per heavy atom. The number of nitrogens with zero attached hydrogens (tertiary/aromatic N) is 6. The Morgan fingerprint density at radius 2 is 2.10 bits per heavy atom. The lowest BCUT2D eigenvalue weighted by Crippen LogP contribution is -2.35. The van der Waals surface area contributed by atoms with Crippen molar-refractivity contribution in [2.75, 3.05) is 13.1 Å². The molecule has 0 amide bonds. The number of halogens is 1. The summed E-state index contributed by atoms with van der Waals surface area (Å²) in [4.78, 5) is 15.1. The molecule has 30 heavy (non-hydrogen) atoms. The monoisotopic (exact) mass is 402 g/mol. The minimum atomic E-state index is -0.170. The zero-order valence-corrected chi connectivity index (χ0v) is 16.9. The zero-order chi connectivity index (χ0) is 20.5. The van der Waals surface area contributed by atoms with Crippen LogP contribution in [-0.4, -0.2) is 42.6 Å². The summed E-state index contributed by atoms with van der Waals surface area (Å²) in [5.41, 5.74) is 4.57. The Kier molecular flexibility index (Phi) is 4.96. The first kappa shape index (κ1) is 18.8. The van der Waals surface area contributed by atoms with Gasteiger partial charge in [-0.2, -0.15) is 10.1 Å². The van der Waals surface area contributed by atoms with Gasteiger partial charge in [0.2, 0.25) is 0 Å². The summed E-state index contributed by atoms with van der Waals surface area (Å²) in [5, 5.41) is 4.36. The number of rotatable bonds is 4. The fourth-order valence-electron chi connectivity index (χ4n) is 4.32. The van der Waals surface area contributed by atoms with E-state index in [2.05, 4.69) is 31.0 Å². The van der Waals surface area contributed by atoms with Gasteiger partial charge in [-0.25, -0.2) is 13.9 Å². The van der Waals surface area contributed by atoms with Gasteiger partial charge in [0.1, 0.15) is 12.1 Å². The third-order valence-corrected chi connectivity index (χ3v) is 5.77. The highest BCUT2D eigenvalue weighted by Crippen LogP contribution is 2.29. The van der Waals surface area contributed by atoms with Crippen molar-refractivity contribution in [3.63, 3.8) is 0 Å². The van der Waals surface area contributed by atoms with E-state index in [4.69, 9.17) is 0 Å². The number of pyridine rings is 1. The van der Waals surface area contributed by atoms with Crippen molar-refractivity contribution in [1.82, 2.24) is 29.5 Å². The predicted molar refractivity (Wildman–Crippen MR) is 112 cm³/mol. The van der Waals surface area contributed by atoms with Crippen LogP contribution in [0.4, 0.5) is 4.39 Å². The topological polar surface area (TPSA) is 59.2 Å². The summed E-state index contributed by atoms with van der Waals surface area (Å²) in [6, 6.07) is 11.4. The molecule has 152 valence electrons. The first-order valence-electron chi connectivity index (χ1n) is 10.3. The molecule has 1 unspecified atom stereocenters. The van der Waals surface area contributed by atoms with Crippen molar-refractivity contribution in [2.45, 2.75) is 32.2 Å². The van der Waals surface area contributed by atoms with Crippen LogP contribution in [0, 0.1) is 12.7 Å². The molecule has 5 rings (SSSR count). The number of aryl methyl sites for hydroxylation is 1. The average molecular weight is 402 g/mol. The maximum absolute atomic E-state index is 14.9. The minimum Gasteiger partial charge on any atom is -0.298 e. The number of likely N-dealkylation sites (tertiary alicyclic amines) is 1. The summed E-state index contributed by atoms with van der Waals surface area (Å²) < 4.78 is 16.7. The van der Waals surface area contributed by atoms with Crippen molar-refractivity contribution in [3.05, 3.63) is 77.9 Å². The quantitative estimate of drug-likeness (QED) is 0.516. The molecule has 1 aliphatic heterocycles. The minimum absolute atomic E-state index is 0.170. The van der Waals surface area contributed by atoms with Crippen LogP contribution in [0.15, 0.2) is 55.1 Å². The van der Waals surface area contributed by atoms with Crippen molar-refractivity contribution >= 4 is 5.78 Å². The van der Waals surface area contributed by atoms with Crippen molar-refractivity contribution in [3.8, 4) is 11.1 Å². The first-order valence-corrected chi connectivity index (χ1v) is 10.3. The van der Waals surface area contributed by atoms with Crippen molar-refractivity contribution in [2.24, 2.45) is 0 Å². The summed E-state index contributed by atoms with van der Waals surface area (Å²) in [6.07, 6.45) is 7.17. The molecule has 0 saturated carbocycles. The highest BCUT2D eigenvalue weighted by molar-refractivity contribution is 5.62. The highest BCUT2D eigenvalue weighted by atomic mass is 19.1. The molecule has 1 atom stereocenters. The second-order valence-corrected chi connectivity index (χ2v) is 7.92. The standard InChI is InChI=1S/C23H23FN6/c1-16-10-22(30-23(28-16)26-15-27-30)20-5-3-9-29(14-20)13-19-7-6-17(11-21(19)24)18-4-2-8-25-12-18/h2,4,6-8,10-12,15,20H,3,5,9,13-14H2,1H3. The van der Waals surface area contributed by atoms with Crippen LogP contribution < -0.4 is 0 Å². The van der Waals surface area contributed by atoms with E-state index in [0.717, 1.165) is 54.0 Å². The predicted octanol–water partition coefficient (Wildman–Crippen LogP) is 4.01. The molecule has 0 radical (unpaired) electrons. The smallest absolute Gasteiger partial charge is 0.252 e. The Hall–Kier alpha value is -3.19.